The van der Waals surface area contributed by atoms with Crippen LogP contribution in [0.2, 0.25) is 0 Å². The molecule has 0 N–H and O–H groups in total. The van der Waals surface area contributed by atoms with Crippen LogP contribution in [0.15, 0.2) is 0 Å². The Kier molecular flexibility index (Phi) is 20.6. The zero-order valence-corrected chi connectivity index (χ0v) is 22.6. The molecular formula is C24H47Br2NO2. The van der Waals surface area contributed by atoms with Gasteiger partial charge in [-0.2, -0.15) is 0 Å². The molecule has 0 aliphatic carbocycles. The summed E-state index contributed by atoms with van der Waals surface area (Å²) >= 11 is 7.15. The molecule has 0 amide bonds. The van der Waals surface area contributed by atoms with Gasteiger partial charge in [0.15, 0.2) is 0 Å². The Morgan fingerprint density at radius 1 is 0.793 bits per heavy atom. The fourth-order valence-electron chi connectivity index (χ4n) is 3.58. The van der Waals surface area contributed by atoms with E-state index in [4.69, 9.17) is 4.74 Å². The van der Waals surface area contributed by atoms with Gasteiger partial charge in [0.25, 0.3) is 0 Å². The maximum Gasteiger partial charge on any atom is 0.323 e. The van der Waals surface area contributed by atoms with Gasteiger partial charge in [0.05, 0.1) is 0 Å². The maximum absolute atomic E-state index is 12.5. The number of carbonyl (C=O) groups is 1. The van der Waals surface area contributed by atoms with Gasteiger partial charge in [0.1, 0.15) is 10.9 Å². The molecule has 0 radical (unpaired) electrons. The van der Waals surface area contributed by atoms with Gasteiger partial charge >= 0.3 is 5.97 Å². The number of alkyl halides is 2. The van der Waals surface area contributed by atoms with Crippen molar-refractivity contribution in [2.45, 2.75) is 115 Å². The third kappa shape index (κ3) is 15.8. The lowest BCUT2D eigenvalue weighted by Crippen LogP contribution is -2.37. The monoisotopic (exact) mass is 539 g/mol. The summed E-state index contributed by atoms with van der Waals surface area (Å²) < 4.78 is 4.96. The highest BCUT2D eigenvalue weighted by atomic mass is 79.9. The molecular weight excluding hydrogens is 494 g/mol. The summed E-state index contributed by atoms with van der Waals surface area (Å²) in [6.07, 6.45) is 18.3. The summed E-state index contributed by atoms with van der Waals surface area (Å²) in [6.45, 7) is 9.80. The van der Waals surface area contributed by atoms with Crippen molar-refractivity contribution in [2.75, 3.05) is 31.6 Å². The quantitative estimate of drug-likeness (QED) is 0.0841. The van der Waals surface area contributed by atoms with Crippen molar-refractivity contribution >= 4 is 37.8 Å². The first-order chi connectivity index (χ1) is 14.0. The van der Waals surface area contributed by atoms with Crippen LogP contribution in [-0.2, 0) is 9.53 Å². The van der Waals surface area contributed by atoms with Crippen LogP contribution < -0.4 is 0 Å². The number of carbonyl (C=O) groups excluding carboxylic acids is 1. The Hall–Kier alpha value is 0.390. The SMILES string of the molecule is CCCCCCCCCCCCCCCC(Br)(CBr)C(=O)OCCN(CC)CC. The fraction of sp³-hybridized carbons (Fsp3) is 0.958. The molecule has 0 saturated carbocycles. The molecule has 0 aliphatic rings. The first kappa shape index (κ1) is 29.4. The molecule has 1 atom stereocenters. The van der Waals surface area contributed by atoms with Crippen molar-refractivity contribution in [3.05, 3.63) is 0 Å². The Bertz CT molecular complexity index is 378. The van der Waals surface area contributed by atoms with Crippen LogP contribution in [0.5, 0.6) is 0 Å². The van der Waals surface area contributed by atoms with Gasteiger partial charge in [0, 0.05) is 11.9 Å². The lowest BCUT2D eigenvalue weighted by Gasteiger charge is -2.24. The minimum absolute atomic E-state index is 0.125. The highest BCUT2D eigenvalue weighted by molar-refractivity contribution is 9.12. The summed E-state index contributed by atoms with van der Waals surface area (Å²) in [6, 6.07) is 0. The number of rotatable bonds is 21. The second kappa shape index (κ2) is 20.3. The highest BCUT2D eigenvalue weighted by Crippen LogP contribution is 2.29. The molecule has 0 aromatic rings. The van der Waals surface area contributed by atoms with Crippen LogP contribution in [0.25, 0.3) is 0 Å². The van der Waals surface area contributed by atoms with Crippen LogP contribution in [0.1, 0.15) is 111 Å². The predicted molar refractivity (Wildman–Crippen MR) is 135 cm³/mol. The minimum atomic E-state index is -0.575. The molecule has 0 spiro atoms. The third-order valence-corrected chi connectivity index (χ3v) is 8.50. The lowest BCUT2D eigenvalue weighted by molar-refractivity contribution is -0.146. The van der Waals surface area contributed by atoms with E-state index in [1.54, 1.807) is 0 Å². The largest absolute Gasteiger partial charge is 0.463 e. The molecule has 0 bridgehead atoms. The van der Waals surface area contributed by atoms with E-state index in [9.17, 15) is 4.79 Å². The molecule has 0 saturated heterocycles. The van der Waals surface area contributed by atoms with E-state index in [-0.39, 0.29) is 5.97 Å². The summed E-state index contributed by atoms with van der Waals surface area (Å²) in [5, 5.41) is 0.600. The number of hydrogen-bond donors (Lipinski definition) is 0. The lowest BCUT2D eigenvalue weighted by atomic mass is 10.0. The van der Waals surface area contributed by atoms with Crippen LogP contribution in [0, 0.1) is 0 Å². The van der Waals surface area contributed by atoms with Crippen molar-refractivity contribution in [2.24, 2.45) is 0 Å². The fourth-order valence-corrected chi connectivity index (χ4v) is 4.49. The molecule has 0 aromatic carbocycles. The van der Waals surface area contributed by atoms with Crippen LogP contribution in [0.4, 0.5) is 0 Å². The van der Waals surface area contributed by atoms with Crippen molar-refractivity contribution in [1.29, 1.82) is 0 Å². The van der Waals surface area contributed by atoms with Crippen molar-refractivity contribution in [3.8, 4) is 0 Å². The maximum atomic E-state index is 12.5. The van der Waals surface area contributed by atoms with E-state index in [1.807, 2.05) is 0 Å². The Labute approximate surface area is 198 Å². The second-order valence-corrected chi connectivity index (χ2v) is 10.3. The Morgan fingerprint density at radius 3 is 1.66 bits per heavy atom. The molecule has 0 rings (SSSR count). The van der Waals surface area contributed by atoms with E-state index in [0.717, 1.165) is 32.5 Å². The zero-order chi connectivity index (χ0) is 21.8. The van der Waals surface area contributed by atoms with Gasteiger partial charge in [-0.15, -0.1) is 0 Å². The standard InChI is InChI=1S/C24H47Br2NO2/c1-4-7-8-9-10-11-12-13-14-15-16-17-18-19-24(26,22-25)23(28)29-21-20-27(5-2)6-3/h4-22H2,1-3H3. The van der Waals surface area contributed by atoms with Gasteiger partial charge in [-0.1, -0.05) is 136 Å². The number of unbranched alkanes of at least 4 members (excludes halogenated alkanes) is 12. The number of nitrogens with zero attached hydrogens (tertiary/aromatic N) is 1. The molecule has 0 aliphatic heterocycles. The van der Waals surface area contributed by atoms with Gasteiger partial charge in [-0.3, -0.25) is 4.79 Å². The molecule has 0 heterocycles. The summed E-state index contributed by atoms with van der Waals surface area (Å²) in [4.78, 5) is 14.8. The molecule has 3 nitrogen and oxygen atoms in total. The van der Waals surface area contributed by atoms with Gasteiger partial charge in [-0.25, -0.2) is 0 Å². The van der Waals surface area contributed by atoms with Crippen LogP contribution in [-0.4, -0.2) is 46.8 Å². The molecule has 1 unspecified atom stereocenters. The van der Waals surface area contributed by atoms with E-state index in [0.29, 0.717) is 11.9 Å². The Morgan fingerprint density at radius 2 is 1.24 bits per heavy atom. The van der Waals surface area contributed by atoms with Gasteiger partial charge in [0.2, 0.25) is 0 Å². The summed E-state index contributed by atoms with van der Waals surface area (Å²) in [7, 11) is 0. The third-order valence-electron chi connectivity index (χ3n) is 5.79. The van der Waals surface area contributed by atoms with Gasteiger partial charge in [-0.05, 0) is 19.5 Å². The number of halogens is 2. The van der Waals surface area contributed by atoms with Gasteiger partial charge < -0.3 is 9.64 Å². The minimum Gasteiger partial charge on any atom is -0.463 e. The van der Waals surface area contributed by atoms with Crippen LogP contribution in [0.3, 0.4) is 0 Å². The molecule has 174 valence electrons. The molecule has 0 aromatic heterocycles. The average molecular weight is 541 g/mol. The molecule has 0 fully saturated rings. The second-order valence-electron chi connectivity index (χ2n) is 8.25. The van der Waals surface area contributed by atoms with E-state index < -0.39 is 4.32 Å². The van der Waals surface area contributed by atoms with Crippen molar-refractivity contribution in [1.82, 2.24) is 4.90 Å². The first-order valence-corrected chi connectivity index (χ1v) is 14.1. The normalized spacial score (nSPS) is 13.6. The number of ether oxygens (including phenoxy) is 1. The number of likely N-dealkylation sites (N-methyl/N-ethyl adjacent to an activating group) is 1. The van der Waals surface area contributed by atoms with E-state index in [2.05, 4.69) is 57.5 Å². The smallest absolute Gasteiger partial charge is 0.323 e. The zero-order valence-electron chi connectivity index (χ0n) is 19.5. The number of esters is 1. The Balaban J connectivity index is 3.71. The topological polar surface area (TPSA) is 29.5 Å². The van der Waals surface area contributed by atoms with E-state index >= 15 is 0 Å². The number of hydrogen-bond acceptors (Lipinski definition) is 3. The predicted octanol–water partition coefficient (Wildman–Crippen LogP) is 7.88. The van der Waals surface area contributed by atoms with Crippen molar-refractivity contribution < 1.29 is 9.53 Å². The molecule has 29 heavy (non-hydrogen) atoms. The molecule has 5 heteroatoms. The van der Waals surface area contributed by atoms with E-state index in [1.165, 1.54) is 77.0 Å². The highest BCUT2D eigenvalue weighted by Gasteiger charge is 2.35. The average Bonchev–Trinajstić information content (AvgIpc) is 2.74. The van der Waals surface area contributed by atoms with Crippen molar-refractivity contribution in [3.63, 3.8) is 0 Å². The first-order valence-electron chi connectivity index (χ1n) is 12.2. The summed E-state index contributed by atoms with van der Waals surface area (Å²) in [5.74, 6) is -0.125. The van der Waals surface area contributed by atoms with Crippen LogP contribution >= 0.6 is 31.9 Å². The summed E-state index contributed by atoms with van der Waals surface area (Å²) in [5.41, 5.74) is 0.